The molecule has 2 aromatic carbocycles. The minimum atomic E-state index is -1.05. The number of hydrogen-bond acceptors (Lipinski definition) is 5. The van der Waals surface area contributed by atoms with Crippen molar-refractivity contribution >= 4 is 18.0 Å². The van der Waals surface area contributed by atoms with E-state index in [1.807, 2.05) is 48.5 Å². The predicted octanol–water partition coefficient (Wildman–Crippen LogP) is 3.04. The van der Waals surface area contributed by atoms with Gasteiger partial charge in [0.05, 0.1) is 6.10 Å². The Morgan fingerprint density at radius 1 is 1.00 bits per heavy atom. The Balaban J connectivity index is 1.36. The monoisotopic (exact) mass is 466 g/mol. The number of aliphatic hydroxyl groups is 1. The van der Waals surface area contributed by atoms with Gasteiger partial charge in [-0.25, -0.2) is 4.79 Å². The minimum absolute atomic E-state index is 0.0430. The first-order valence-corrected chi connectivity index (χ1v) is 11.7. The van der Waals surface area contributed by atoms with E-state index in [2.05, 4.69) is 10.6 Å². The van der Waals surface area contributed by atoms with Crippen LogP contribution in [0.4, 0.5) is 4.79 Å². The zero-order valence-electron chi connectivity index (χ0n) is 18.9. The van der Waals surface area contributed by atoms with Gasteiger partial charge < -0.3 is 25.6 Å². The van der Waals surface area contributed by atoms with Gasteiger partial charge >= 0.3 is 12.1 Å². The molecule has 2 aliphatic rings. The van der Waals surface area contributed by atoms with Crippen molar-refractivity contribution in [1.29, 1.82) is 0 Å². The van der Waals surface area contributed by atoms with E-state index in [4.69, 9.17) is 9.84 Å². The van der Waals surface area contributed by atoms with Crippen molar-refractivity contribution in [3.05, 3.63) is 59.7 Å². The Morgan fingerprint density at radius 3 is 2.24 bits per heavy atom. The smallest absolute Gasteiger partial charge is 0.407 e. The zero-order valence-corrected chi connectivity index (χ0v) is 18.9. The lowest BCUT2D eigenvalue weighted by molar-refractivity contribution is -0.137. The van der Waals surface area contributed by atoms with Gasteiger partial charge in [0, 0.05) is 18.9 Å². The molecule has 1 fully saturated rings. The fourth-order valence-electron chi connectivity index (χ4n) is 4.92. The Kier molecular flexibility index (Phi) is 7.47. The van der Waals surface area contributed by atoms with Crippen LogP contribution in [0.2, 0.25) is 0 Å². The Morgan fingerprint density at radius 2 is 1.65 bits per heavy atom. The van der Waals surface area contributed by atoms with E-state index in [0.717, 1.165) is 28.7 Å². The van der Waals surface area contributed by atoms with E-state index in [1.54, 1.807) is 0 Å². The van der Waals surface area contributed by atoms with Crippen LogP contribution in [0.15, 0.2) is 48.5 Å². The normalized spacial score (nSPS) is 19.7. The number of alkyl carbamates (subject to hydrolysis) is 1. The van der Waals surface area contributed by atoms with Crippen molar-refractivity contribution < 1.29 is 29.3 Å². The number of benzene rings is 2. The second kappa shape index (κ2) is 10.7. The number of fused-ring (bicyclic) bond motifs is 3. The van der Waals surface area contributed by atoms with Crippen LogP contribution in [0.3, 0.4) is 0 Å². The number of carbonyl (C=O) groups excluding carboxylic acids is 2. The van der Waals surface area contributed by atoms with Crippen molar-refractivity contribution in [2.24, 2.45) is 5.92 Å². The van der Waals surface area contributed by atoms with Crippen LogP contribution in [-0.2, 0) is 14.3 Å². The van der Waals surface area contributed by atoms with Gasteiger partial charge in [-0.2, -0.15) is 0 Å². The largest absolute Gasteiger partial charge is 0.481 e. The van der Waals surface area contributed by atoms with Crippen molar-refractivity contribution in [3.63, 3.8) is 0 Å². The third-order valence-corrected chi connectivity index (χ3v) is 6.68. The molecule has 1 saturated carbocycles. The number of carbonyl (C=O) groups is 3. The van der Waals surface area contributed by atoms with Crippen LogP contribution < -0.4 is 10.6 Å². The van der Waals surface area contributed by atoms with E-state index in [9.17, 15) is 19.5 Å². The fraction of sp³-hybridized carbons (Fsp3) is 0.423. The molecule has 0 aromatic heterocycles. The molecule has 4 rings (SSSR count). The maximum atomic E-state index is 12.7. The molecule has 0 aliphatic heterocycles. The molecule has 3 unspecified atom stereocenters. The average molecular weight is 467 g/mol. The summed E-state index contributed by atoms with van der Waals surface area (Å²) in [5.41, 5.74) is 4.39. The zero-order chi connectivity index (χ0) is 24.1. The van der Waals surface area contributed by atoms with Crippen molar-refractivity contribution in [2.75, 3.05) is 13.2 Å². The van der Waals surface area contributed by atoms with Crippen LogP contribution in [-0.4, -0.2) is 53.5 Å². The first kappa shape index (κ1) is 23.8. The summed E-state index contributed by atoms with van der Waals surface area (Å²) < 4.78 is 5.51. The van der Waals surface area contributed by atoms with Crippen LogP contribution in [0.5, 0.6) is 0 Å². The summed E-state index contributed by atoms with van der Waals surface area (Å²) in [6.07, 6.45) is 0.747. The molecule has 2 amide bonds. The van der Waals surface area contributed by atoms with Gasteiger partial charge in [0.15, 0.2) is 0 Å². The van der Waals surface area contributed by atoms with Crippen molar-refractivity contribution in [3.8, 4) is 11.1 Å². The molecule has 34 heavy (non-hydrogen) atoms. The molecule has 4 N–H and O–H groups in total. The van der Waals surface area contributed by atoms with Gasteiger partial charge in [-0.05, 0) is 53.9 Å². The highest BCUT2D eigenvalue weighted by Crippen LogP contribution is 2.44. The van der Waals surface area contributed by atoms with Crippen LogP contribution in [0, 0.1) is 5.92 Å². The molecule has 3 atom stereocenters. The van der Waals surface area contributed by atoms with E-state index in [-0.39, 0.29) is 37.4 Å². The first-order valence-electron chi connectivity index (χ1n) is 11.7. The second-order valence-electron chi connectivity index (χ2n) is 9.03. The number of nitrogens with one attached hydrogen (secondary N) is 2. The molecule has 2 aromatic rings. The standard InChI is InChI=1S/C26H30N2O6/c29-17-10-9-16(13-17)14-27-25(32)23(11-12-24(30)31)28-26(33)34-15-22-20-7-3-1-5-18(20)19-6-2-4-8-21(19)22/h1-8,16-17,22-23,29H,9-15H2,(H,27,32)(H,28,33)(H,30,31). The van der Waals surface area contributed by atoms with Crippen LogP contribution in [0.25, 0.3) is 11.1 Å². The summed E-state index contributed by atoms with van der Waals surface area (Å²) in [5, 5.41) is 24.0. The first-order chi connectivity index (χ1) is 16.4. The quantitative estimate of drug-likeness (QED) is 0.450. The second-order valence-corrected chi connectivity index (χ2v) is 9.03. The molecule has 8 heteroatoms. The summed E-state index contributed by atoms with van der Waals surface area (Å²) in [6, 6.07) is 15.0. The fourth-order valence-corrected chi connectivity index (χ4v) is 4.92. The number of aliphatic carboxylic acids is 1. The lowest BCUT2D eigenvalue weighted by Gasteiger charge is -2.20. The van der Waals surface area contributed by atoms with Gasteiger partial charge in [-0.15, -0.1) is 0 Å². The van der Waals surface area contributed by atoms with E-state index in [0.29, 0.717) is 19.4 Å². The number of carboxylic acids is 1. The summed E-state index contributed by atoms with van der Waals surface area (Å²) in [7, 11) is 0. The molecule has 0 bridgehead atoms. The molecule has 0 heterocycles. The summed E-state index contributed by atoms with van der Waals surface area (Å²) in [4.78, 5) is 36.3. The van der Waals surface area contributed by atoms with E-state index >= 15 is 0 Å². The third-order valence-electron chi connectivity index (χ3n) is 6.68. The highest BCUT2D eigenvalue weighted by atomic mass is 16.5. The maximum absolute atomic E-state index is 12.7. The van der Waals surface area contributed by atoms with Crippen molar-refractivity contribution in [2.45, 2.75) is 50.2 Å². The van der Waals surface area contributed by atoms with Gasteiger partial charge in [-0.1, -0.05) is 48.5 Å². The number of rotatable bonds is 9. The minimum Gasteiger partial charge on any atom is -0.481 e. The highest BCUT2D eigenvalue weighted by Gasteiger charge is 2.30. The van der Waals surface area contributed by atoms with Crippen molar-refractivity contribution in [1.82, 2.24) is 10.6 Å². The van der Waals surface area contributed by atoms with Gasteiger partial charge in [0.1, 0.15) is 12.6 Å². The molecular formula is C26H30N2O6. The Hall–Kier alpha value is -3.39. The Bertz CT molecular complexity index is 1010. The lowest BCUT2D eigenvalue weighted by atomic mass is 9.98. The third kappa shape index (κ3) is 5.56. The number of hydrogen-bond donors (Lipinski definition) is 4. The van der Waals surface area contributed by atoms with Crippen LogP contribution in [0.1, 0.15) is 49.1 Å². The summed E-state index contributed by atoms with van der Waals surface area (Å²) in [6.45, 7) is 0.485. The molecular weight excluding hydrogens is 436 g/mol. The van der Waals surface area contributed by atoms with E-state index in [1.165, 1.54) is 0 Å². The summed E-state index contributed by atoms with van der Waals surface area (Å²) >= 11 is 0. The molecule has 0 spiro atoms. The predicted molar refractivity (Wildman–Crippen MR) is 125 cm³/mol. The lowest BCUT2D eigenvalue weighted by Crippen LogP contribution is -2.48. The maximum Gasteiger partial charge on any atom is 0.407 e. The number of amides is 2. The highest BCUT2D eigenvalue weighted by molar-refractivity contribution is 5.86. The molecule has 2 aliphatic carbocycles. The van der Waals surface area contributed by atoms with Crippen LogP contribution >= 0.6 is 0 Å². The molecule has 0 saturated heterocycles. The number of aliphatic hydroxyl groups excluding tert-OH is 1. The molecule has 180 valence electrons. The molecule has 0 radical (unpaired) electrons. The van der Waals surface area contributed by atoms with Gasteiger partial charge in [-0.3, -0.25) is 9.59 Å². The topological polar surface area (TPSA) is 125 Å². The Labute approximate surface area is 198 Å². The number of carboxylic acid groups (broad SMARTS) is 1. The van der Waals surface area contributed by atoms with Gasteiger partial charge in [0.2, 0.25) is 5.91 Å². The number of ether oxygens (including phenoxy) is 1. The summed E-state index contributed by atoms with van der Waals surface area (Å²) in [5.74, 6) is -1.44. The SMILES string of the molecule is O=C(O)CCC(NC(=O)OCC1c2ccccc2-c2ccccc21)C(=O)NCC1CCC(O)C1. The average Bonchev–Trinajstić information content (AvgIpc) is 3.39. The van der Waals surface area contributed by atoms with E-state index < -0.39 is 24.0 Å². The molecule has 8 nitrogen and oxygen atoms in total. The van der Waals surface area contributed by atoms with Gasteiger partial charge in [0.25, 0.3) is 0 Å².